The molecule has 1 atom stereocenters. The standard InChI is InChI=1S/C58H35N3/c1-2-11-39(12-3-1)52-34-53(61-57(60-52)42-25-19-36(20-26-42)45-15-9-31-59-35-45)43-27-23-38-22-21-37-10-4-6-17-48(37)58(50(38)32-43)49-18-7-5-16-46(49)56-47-30-29-41-14-8-13-40-24-28-44(33-51(56)58)55(47)54(40)41/h1-35H. The van der Waals surface area contributed by atoms with Crippen LogP contribution in [0.15, 0.2) is 200 Å². The minimum absolute atomic E-state index is 0.609. The molecule has 0 radical (unpaired) electrons. The smallest absolute Gasteiger partial charge is 0.160 e. The molecule has 282 valence electrons. The molecule has 0 amide bonds. The van der Waals surface area contributed by atoms with Crippen molar-refractivity contribution >= 4 is 44.5 Å². The Morgan fingerprint density at radius 1 is 0.377 bits per heavy atom. The van der Waals surface area contributed by atoms with Crippen molar-refractivity contribution in [2.45, 2.75) is 5.41 Å². The largest absolute Gasteiger partial charge is 0.264 e. The lowest BCUT2D eigenvalue weighted by molar-refractivity contribution is 0.768. The van der Waals surface area contributed by atoms with Crippen molar-refractivity contribution < 1.29 is 0 Å². The first-order chi connectivity index (χ1) is 30.2. The summed E-state index contributed by atoms with van der Waals surface area (Å²) in [7, 11) is 0. The van der Waals surface area contributed by atoms with Gasteiger partial charge in [0.1, 0.15) is 0 Å². The van der Waals surface area contributed by atoms with Crippen LogP contribution in [-0.2, 0) is 5.41 Å². The molecular weight excluding hydrogens is 739 g/mol. The first-order valence-corrected chi connectivity index (χ1v) is 20.9. The predicted molar refractivity (Wildman–Crippen MR) is 252 cm³/mol. The Morgan fingerprint density at radius 3 is 1.87 bits per heavy atom. The Bertz CT molecular complexity index is 3560. The minimum Gasteiger partial charge on any atom is -0.264 e. The third kappa shape index (κ3) is 4.95. The normalized spacial score (nSPS) is 14.9. The molecule has 0 bridgehead atoms. The second-order valence-corrected chi connectivity index (χ2v) is 16.3. The second-order valence-electron chi connectivity index (χ2n) is 16.3. The van der Waals surface area contributed by atoms with Crippen LogP contribution in [0.2, 0.25) is 0 Å². The van der Waals surface area contributed by atoms with Gasteiger partial charge < -0.3 is 0 Å². The van der Waals surface area contributed by atoms with Crippen LogP contribution >= 0.6 is 0 Å². The average Bonchev–Trinajstić information content (AvgIpc) is 3.54. The monoisotopic (exact) mass is 773 g/mol. The van der Waals surface area contributed by atoms with E-state index < -0.39 is 5.41 Å². The maximum absolute atomic E-state index is 5.38. The summed E-state index contributed by atoms with van der Waals surface area (Å²) in [6.07, 6.45) is 8.31. The maximum Gasteiger partial charge on any atom is 0.160 e. The first-order valence-electron chi connectivity index (χ1n) is 20.9. The van der Waals surface area contributed by atoms with Crippen LogP contribution < -0.4 is 0 Å². The zero-order valence-corrected chi connectivity index (χ0v) is 33.0. The van der Waals surface area contributed by atoms with Gasteiger partial charge in [-0.2, -0.15) is 0 Å². The Labute approximate surface area is 353 Å². The van der Waals surface area contributed by atoms with Crippen LogP contribution in [0.1, 0.15) is 33.4 Å². The van der Waals surface area contributed by atoms with Gasteiger partial charge in [-0.25, -0.2) is 9.97 Å². The number of hydrogen-bond acceptors (Lipinski definition) is 3. The van der Waals surface area contributed by atoms with Gasteiger partial charge in [-0.1, -0.05) is 176 Å². The molecule has 0 saturated carbocycles. The van der Waals surface area contributed by atoms with Crippen LogP contribution in [0.3, 0.4) is 0 Å². The van der Waals surface area contributed by atoms with Crippen LogP contribution in [0.4, 0.5) is 0 Å². The number of benzene rings is 9. The number of fused-ring (bicyclic) bond motifs is 10. The zero-order valence-electron chi connectivity index (χ0n) is 33.0. The Morgan fingerprint density at radius 2 is 1.05 bits per heavy atom. The van der Waals surface area contributed by atoms with E-state index in [4.69, 9.17) is 9.97 Å². The van der Waals surface area contributed by atoms with E-state index in [1.807, 2.05) is 18.3 Å². The average molecular weight is 774 g/mol. The lowest BCUT2D eigenvalue weighted by atomic mass is 9.65. The molecule has 3 heteroatoms. The molecule has 1 unspecified atom stereocenters. The zero-order chi connectivity index (χ0) is 40.1. The number of rotatable bonds is 4. The molecule has 1 spiro atoms. The molecule has 13 rings (SSSR count). The molecule has 0 fully saturated rings. The molecular formula is C58H35N3. The summed E-state index contributed by atoms with van der Waals surface area (Å²) < 4.78 is 0. The summed E-state index contributed by atoms with van der Waals surface area (Å²) >= 11 is 0. The van der Waals surface area contributed by atoms with Gasteiger partial charge >= 0.3 is 0 Å². The highest BCUT2D eigenvalue weighted by atomic mass is 14.9. The highest BCUT2D eigenvalue weighted by Crippen LogP contribution is 2.61. The Hall–Kier alpha value is -8.01. The van der Waals surface area contributed by atoms with Crippen LogP contribution in [0.25, 0.3) is 101 Å². The SMILES string of the molecule is C1=Cc2ccc(-c3cc(-c4ccccc4)nc(-c4ccc(-c5cccnc5)cc4)n3)cc2C2(c3ccccc31)c1ccccc1-c1c2cc2ccc3cccc4ccc1c2c34. The van der Waals surface area contributed by atoms with E-state index in [9.17, 15) is 0 Å². The highest BCUT2D eigenvalue weighted by molar-refractivity contribution is 6.27. The molecule has 0 saturated heterocycles. The van der Waals surface area contributed by atoms with Crippen molar-refractivity contribution in [1.29, 1.82) is 0 Å². The first kappa shape index (κ1) is 33.9. The van der Waals surface area contributed by atoms with Gasteiger partial charge in [0.05, 0.1) is 16.8 Å². The van der Waals surface area contributed by atoms with Crippen molar-refractivity contribution in [1.82, 2.24) is 15.0 Å². The summed E-state index contributed by atoms with van der Waals surface area (Å²) in [5, 5.41) is 7.80. The van der Waals surface area contributed by atoms with Crippen LogP contribution in [0, 0.1) is 0 Å². The minimum atomic E-state index is -0.609. The number of pyridine rings is 1. The van der Waals surface area contributed by atoms with Gasteiger partial charge in [-0.05, 0) is 112 Å². The van der Waals surface area contributed by atoms with Gasteiger partial charge in [-0.15, -0.1) is 0 Å². The molecule has 2 heterocycles. The molecule has 11 aromatic rings. The third-order valence-corrected chi connectivity index (χ3v) is 13.1. The lowest BCUT2D eigenvalue weighted by Crippen LogP contribution is -2.30. The van der Waals surface area contributed by atoms with E-state index in [-0.39, 0.29) is 0 Å². The quantitative estimate of drug-likeness (QED) is 0.167. The Balaban J connectivity index is 1.08. The molecule has 3 nitrogen and oxygen atoms in total. The second kappa shape index (κ2) is 13.0. The third-order valence-electron chi connectivity index (χ3n) is 13.1. The molecule has 61 heavy (non-hydrogen) atoms. The van der Waals surface area contributed by atoms with Gasteiger partial charge in [0.25, 0.3) is 0 Å². The predicted octanol–water partition coefficient (Wildman–Crippen LogP) is 14.3. The van der Waals surface area contributed by atoms with Gasteiger partial charge in [-0.3, -0.25) is 4.98 Å². The fourth-order valence-corrected chi connectivity index (χ4v) is 10.5. The Kier molecular flexibility index (Phi) is 7.22. The fraction of sp³-hybridized carbons (Fsp3) is 0.0172. The van der Waals surface area contributed by atoms with Crippen molar-refractivity contribution in [2.24, 2.45) is 0 Å². The summed E-state index contributed by atoms with van der Waals surface area (Å²) in [4.78, 5) is 14.9. The number of aromatic nitrogens is 3. The lowest BCUT2D eigenvalue weighted by Gasteiger charge is -2.36. The maximum atomic E-state index is 5.38. The summed E-state index contributed by atoms with van der Waals surface area (Å²) in [5.41, 5.74) is 16.5. The van der Waals surface area contributed by atoms with Crippen LogP contribution in [0.5, 0.6) is 0 Å². The van der Waals surface area contributed by atoms with E-state index in [1.165, 1.54) is 76.8 Å². The molecule has 9 aromatic carbocycles. The topological polar surface area (TPSA) is 38.7 Å². The summed E-state index contributed by atoms with van der Waals surface area (Å²) in [6.45, 7) is 0. The molecule has 2 aliphatic rings. The molecule has 2 aliphatic carbocycles. The van der Waals surface area contributed by atoms with E-state index >= 15 is 0 Å². The molecule has 0 aliphatic heterocycles. The van der Waals surface area contributed by atoms with Gasteiger partial charge in [0.15, 0.2) is 5.82 Å². The summed E-state index contributed by atoms with van der Waals surface area (Å²) in [6, 6.07) is 68.7. The number of hydrogen-bond donors (Lipinski definition) is 0. The summed E-state index contributed by atoms with van der Waals surface area (Å²) in [5.74, 6) is 0.685. The molecule has 0 N–H and O–H groups in total. The van der Waals surface area contributed by atoms with E-state index in [0.29, 0.717) is 5.82 Å². The van der Waals surface area contributed by atoms with Crippen molar-refractivity contribution in [3.05, 3.63) is 234 Å². The fourth-order valence-electron chi connectivity index (χ4n) is 10.5. The van der Waals surface area contributed by atoms with Crippen LogP contribution in [-0.4, -0.2) is 15.0 Å². The highest BCUT2D eigenvalue weighted by Gasteiger charge is 2.49. The van der Waals surface area contributed by atoms with Crippen molar-refractivity contribution in [3.63, 3.8) is 0 Å². The van der Waals surface area contributed by atoms with E-state index in [0.717, 1.165) is 39.2 Å². The van der Waals surface area contributed by atoms with Crippen molar-refractivity contribution in [3.8, 4) is 56.2 Å². The molecule has 2 aromatic heterocycles. The van der Waals surface area contributed by atoms with Crippen molar-refractivity contribution in [2.75, 3.05) is 0 Å². The van der Waals surface area contributed by atoms with E-state index in [1.54, 1.807) is 6.20 Å². The van der Waals surface area contributed by atoms with E-state index in [2.05, 4.69) is 193 Å². The number of nitrogens with zero attached hydrogens (tertiary/aromatic N) is 3. The van der Waals surface area contributed by atoms with Gasteiger partial charge in [0.2, 0.25) is 0 Å². The van der Waals surface area contributed by atoms with Gasteiger partial charge in [0, 0.05) is 29.1 Å².